The maximum Gasteiger partial charge on any atom is 0.255 e. The van der Waals surface area contributed by atoms with Crippen LogP contribution in [0.1, 0.15) is 15.9 Å². The number of rotatable bonds is 4. The van der Waals surface area contributed by atoms with Gasteiger partial charge in [0.15, 0.2) is 0 Å². The van der Waals surface area contributed by atoms with E-state index in [0.29, 0.717) is 17.0 Å². The van der Waals surface area contributed by atoms with E-state index in [9.17, 15) is 4.79 Å². The molecule has 0 saturated carbocycles. The fourth-order valence-corrected chi connectivity index (χ4v) is 2.02. The Morgan fingerprint density at radius 2 is 1.76 bits per heavy atom. The van der Waals surface area contributed by atoms with Crippen LogP contribution in [0, 0.1) is 6.92 Å². The lowest BCUT2D eigenvalue weighted by Crippen LogP contribution is -2.13. The molecule has 4 heteroatoms. The first kappa shape index (κ1) is 14.9. The number of carbonyl (C=O) groups excluding carboxylic acids is 1. The van der Waals surface area contributed by atoms with E-state index in [1.807, 2.05) is 68.4 Å². The van der Waals surface area contributed by atoms with Crippen LogP contribution in [0.3, 0.4) is 0 Å². The smallest absolute Gasteiger partial charge is 0.255 e. The first-order valence-electron chi connectivity index (χ1n) is 6.74. The van der Waals surface area contributed by atoms with Gasteiger partial charge in [-0.15, -0.1) is 0 Å². The average Bonchev–Trinajstić information content (AvgIpc) is 2.47. The summed E-state index contributed by atoms with van der Waals surface area (Å²) in [6, 6.07) is 13.1. The molecular formula is C17H20N2O2. The molecule has 1 N–H and O–H groups in total. The summed E-state index contributed by atoms with van der Waals surface area (Å²) in [4.78, 5) is 14.3. The van der Waals surface area contributed by atoms with Crippen LogP contribution >= 0.6 is 0 Å². The number of carbonyl (C=O) groups is 1. The lowest BCUT2D eigenvalue weighted by molar-refractivity contribution is 0.102. The zero-order chi connectivity index (χ0) is 15.4. The van der Waals surface area contributed by atoms with Crippen molar-refractivity contribution in [2.24, 2.45) is 0 Å². The molecule has 0 aromatic heterocycles. The number of methoxy groups -OCH3 is 1. The van der Waals surface area contributed by atoms with E-state index in [1.54, 1.807) is 7.11 Å². The largest absolute Gasteiger partial charge is 0.495 e. The Kier molecular flexibility index (Phi) is 4.48. The van der Waals surface area contributed by atoms with Gasteiger partial charge in [-0.05, 0) is 48.9 Å². The minimum atomic E-state index is -0.149. The number of nitrogens with zero attached hydrogens (tertiary/aromatic N) is 1. The highest BCUT2D eigenvalue weighted by Crippen LogP contribution is 2.26. The first-order valence-corrected chi connectivity index (χ1v) is 6.74. The highest BCUT2D eigenvalue weighted by molar-refractivity contribution is 6.05. The van der Waals surface area contributed by atoms with Gasteiger partial charge in [-0.2, -0.15) is 0 Å². The lowest BCUT2D eigenvalue weighted by Gasteiger charge is -2.13. The number of hydrogen-bond donors (Lipinski definition) is 1. The summed E-state index contributed by atoms with van der Waals surface area (Å²) in [5.74, 6) is 0.503. The molecule has 110 valence electrons. The zero-order valence-electron chi connectivity index (χ0n) is 12.8. The summed E-state index contributed by atoms with van der Waals surface area (Å²) in [7, 11) is 5.52. The zero-order valence-corrected chi connectivity index (χ0v) is 12.8. The van der Waals surface area contributed by atoms with Gasteiger partial charge in [0.1, 0.15) is 5.75 Å². The molecule has 21 heavy (non-hydrogen) atoms. The van der Waals surface area contributed by atoms with Gasteiger partial charge in [-0.25, -0.2) is 0 Å². The van der Waals surface area contributed by atoms with Crippen molar-refractivity contribution >= 4 is 17.3 Å². The number of aryl methyl sites for hydroxylation is 1. The maximum atomic E-state index is 12.3. The van der Waals surface area contributed by atoms with Gasteiger partial charge in [0.2, 0.25) is 0 Å². The molecule has 2 aromatic rings. The fourth-order valence-electron chi connectivity index (χ4n) is 2.02. The van der Waals surface area contributed by atoms with Gasteiger partial charge < -0.3 is 15.0 Å². The average molecular weight is 284 g/mol. The molecule has 2 rings (SSSR count). The van der Waals surface area contributed by atoms with E-state index in [0.717, 1.165) is 11.3 Å². The summed E-state index contributed by atoms with van der Waals surface area (Å²) < 4.78 is 5.27. The number of hydrogen-bond acceptors (Lipinski definition) is 3. The van der Waals surface area contributed by atoms with Gasteiger partial charge in [0.05, 0.1) is 12.8 Å². The molecule has 0 radical (unpaired) electrons. The van der Waals surface area contributed by atoms with E-state index >= 15 is 0 Å². The minimum absolute atomic E-state index is 0.149. The molecular weight excluding hydrogens is 264 g/mol. The summed E-state index contributed by atoms with van der Waals surface area (Å²) >= 11 is 0. The second-order valence-electron chi connectivity index (χ2n) is 5.10. The third-order valence-corrected chi connectivity index (χ3v) is 3.25. The Bertz CT molecular complexity index is 634. The van der Waals surface area contributed by atoms with Gasteiger partial charge in [0, 0.05) is 25.3 Å². The van der Waals surface area contributed by atoms with E-state index in [-0.39, 0.29) is 5.91 Å². The van der Waals surface area contributed by atoms with Crippen molar-refractivity contribution in [3.05, 3.63) is 53.6 Å². The standard InChI is InChI=1S/C17H20N2O2/c1-12-5-10-16(21-4)15(11-12)18-17(20)13-6-8-14(9-7-13)19(2)3/h5-11H,1-4H3,(H,18,20). The predicted molar refractivity (Wildman–Crippen MR) is 86.5 cm³/mol. The number of anilines is 2. The quantitative estimate of drug-likeness (QED) is 0.936. The van der Waals surface area contributed by atoms with Crippen LogP contribution in [0.4, 0.5) is 11.4 Å². The molecule has 0 aliphatic heterocycles. The topological polar surface area (TPSA) is 41.6 Å². The summed E-state index contributed by atoms with van der Waals surface area (Å²) in [5, 5.41) is 2.89. The van der Waals surface area contributed by atoms with Gasteiger partial charge >= 0.3 is 0 Å². The lowest BCUT2D eigenvalue weighted by atomic mass is 10.1. The predicted octanol–water partition coefficient (Wildman–Crippen LogP) is 3.32. The van der Waals surface area contributed by atoms with Crippen molar-refractivity contribution < 1.29 is 9.53 Å². The normalized spacial score (nSPS) is 10.1. The Balaban J connectivity index is 2.19. The second kappa shape index (κ2) is 6.31. The molecule has 0 aliphatic rings. The highest BCUT2D eigenvalue weighted by Gasteiger charge is 2.10. The summed E-state index contributed by atoms with van der Waals surface area (Å²) in [5.41, 5.74) is 3.41. The van der Waals surface area contributed by atoms with Crippen molar-refractivity contribution in [3.63, 3.8) is 0 Å². The van der Waals surface area contributed by atoms with Crippen LogP contribution < -0.4 is 15.0 Å². The van der Waals surface area contributed by atoms with Crippen LogP contribution in [0.5, 0.6) is 5.75 Å². The molecule has 1 amide bonds. The summed E-state index contributed by atoms with van der Waals surface area (Å²) in [6.07, 6.45) is 0. The Morgan fingerprint density at radius 3 is 2.33 bits per heavy atom. The van der Waals surface area contributed by atoms with E-state index < -0.39 is 0 Å². The van der Waals surface area contributed by atoms with Crippen molar-refractivity contribution in [1.82, 2.24) is 0 Å². The number of benzene rings is 2. The monoisotopic (exact) mass is 284 g/mol. The molecule has 0 heterocycles. The van der Waals surface area contributed by atoms with Crippen LogP contribution in [0.15, 0.2) is 42.5 Å². The van der Waals surface area contributed by atoms with E-state index in [1.165, 1.54) is 0 Å². The number of amides is 1. The third kappa shape index (κ3) is 3.54. The minimum Gasteiger partial charge on any atom is -0.495 e. The molecule has 4 nitrogen and oxygen atoms in total. The Morgan fingerprint density at radius 1 is 1.10 bits per heavy atom. The second-order valence-corrected chi connectivity index (χ2v) is 5.10. The van der Waals surface area contributed by atoms with Crippen LogP contribution in [0.2, 0.25) is 0 Å². The number of ether oxygens (including phenoxy) is 1. The maximum absolute atomic E-state index is 12.3. The van der Waals surface area contributed by atoms with E-state index in [4.69, 9.17) is 4.74 Å². The highest BCUT2D eigenvalue weighted by atomic mass is 16.5. The molecule has 0 atom stereocenters. The molecule has 0 unspecified atom stereocenters. The van der Waals surface area contributed by atoms with Crippen molar-refractivity contribution in [3.8, 4) is 5.75 Å². The van der Waals surface area contributed by atoms with Gasteiger partial charge in [0.25, 0.3) is 5.91 Å². The molecule has 0 aliphatic carbocycles. The summed E-state index contributed by atoms with van der Waals surface area (Å²) in [6.45, 7) is 1.97. The Labute approximate surface area is 125 Å². The Hall–Kier alpha value is -2.49. The van der Waals surface area contributed by atoms with Crippen molar-refractivity contribution in [2.75, 3.05) is 31.4 Å². The fraction of sp³-hybridized carbons (Fsp3) is 0.235. The van der Waals surface area contributed by atoms with Crippen molar-refractivity contribution in [1.29, 1.82) is 0 Å². The molecule has 0 bridgehead atoms. The van der Waals surface area contributed by atoms with Crippen LogP contribution in [-0.4, -0.2) is 27.1 Å². The molecule has 0 fully saturated rings. The number of nitrogens with one attached hydrogen (secondary N) is 1. The van der Waals surface area contributed by atoms with Gasteiger partial charge in [-0.1, -0.05) is 6.07 Å². The molecule has 0 saturated heterocycles. The van der Waals surface area contributed by atoms with Crippen LogP contribution in [0.25, 0.3) is 0 Å². The SMILES string of the molecule is COc1ccc(C)cc1NC(=O)c1ccc(N(C)C)cc1. The third-order valence-electron chi connectivity index (χ3n) is 3.25. The van der Waals surface area contributed by atoms with E-state index in [2.05, 4.69) is 5.32 Å². The molecule has 2 aromatic carbocycles. The van der Waals surface area contributed by atoms with Crippen molar-refractivity contribution in [2.45, 2.75) is 6.92 Å². The van der Waals surface area contributed by atoms with Gasteiger partial charge in [-0.3, -0.25) is 4.79 Å². The molecule has 0 spiro atoms. The van der Waals surface area contributed by atoms with Crippen LogP contribution in [-0.2, 0) is 0 Å². The first-order chi connectivity index (χ1) is 10.0.